The molecule has 0 aliphatic rings. The number of hydrogen-bond donors (Lipinski definition) is 2. The molecule has 0 fully saturated rings. The van der Waals surface area contributed by atoms with Gasteiger partial charge in [-0.2, -0.15) is 4.98 Å². The first-order valence-corrected chi connectivity index (χ1v) is 6.09. The van der Waals surface area contributed by atoms with Crippen LogP contribution in [-0.4, -0.2) is 30.1 Å². The van der Waals surface area contributed by atoms with E-state index >= 15 is 0 Å². The summed E-state index contributed by atoms with van der Waals surface area (Å²) in [6.07, 6.45) is 5.51. The number of aromatic nitrogens is 6. The molecule has 0 radical (unpaired) electrons. The summed E-state index contributed by atoms with van der Waals surface area (Å²) in [6, 6.07) is 1.34. The van der Waals surface area contributed by atoms with Crippen molar-refractivity contribution >= 4 is 0 Å². The Hall–Kier alpha value is -2.61. The molecule has 0 aliphatic heterocycles. The minimum absolute atomic E-state index is 0.367. The summed E-state index contributed by atoms with van der Waals surface area (Å²) in [6.45, 7) is 1.80. The zero-order valence-electron chi connectivity index (χ0n) is 10.8. The Bertz CT molecular complexity index is 691. The van der Waals surface area contributed by atoms with Crippen molar-refractivity contribution in [2.75, 3.05) is 0 Å². The van der Waals surface area contributed by atoms with E-state index in [0.717, 1.165) is 5.69 Å². The lowest BCUT2D eigenvalue weighted by Crippen LogP contribution is -2.14. The lowest BCUT2D eigenvalue weighted by molar-refractivity contribution is 0.354. The Morgan fingerprint density at radius 2 is 2.30 bits per heavy atom. The number of imidazole rings is 1. The average molecular weight is 271 g/mol. The first kappa shape index (κ1) is 12.4. The molecule has 102 valence electrons. The van der Waals surface area contributed by atoms with Gasteiger partial charge in [0, 0.05) is 24.5 Å². The molecule has 0 bridgehead atoms. The van der Waals surface area contributed by atoms with E-state index in [1.807, 2.05) is 0 Å². The molecule has 3 aromatic rings. The highest BCUT2D eigenvalue weighted by molar-refractivity contribution is 5.47. The van der Waals surface area contributed by atoms with Gasteiger partial charge in [0.05, 0.1) is 12.4 Å². The highest BCUT2D eigenvalue weighted by Gasteiger charge is 2.17. The van der Waals surface area contributed by atoms with Gasteiger partial charge in [0.15, 0.2) is 0 Å². The first-order chi connectivity index (χ1) is 9.72. The van der Waals surface area contributed by atoms with Gasteiger partial charge >= 0.3 is 0 Å². The summed E-state index contributed by atoms with van der Waals surface area (Å²) < 4.78 is 5.19. The molecule has 3 rings (SSSR count). The number of nitrogens with two attached hydrogens (primary N) is 1. The molecule has 3 heterocycles. The van der Waals surface area contributed by atoms with Gasteiger partial charge in [-0.15, -0.1) is 0 Å². The molecule has 0 spiro atoms. The van der Waals surface area contributed by atoms with Gasteiger partial charge in [0.25, 0.3) is 0 Å². The van der Waals surface area contributed by atoms with Gasteiger partial charge in [-0.05, 0) is 13.0 Å². The zero-order valence-corrected chi connectivity index (χ0v) is 10.8. The topological polar surface area (TPSA) is 119 Å². The Balaban J connectivity index is 1.79. The van der Waals surface area contributed by atoms with Crippen molar-refractivity contribution in [1.29, 1.82) is 0 Å². The van der Waals surface area contributed by atoms with E-state index in [4.69, 9.17) is 10.3 Å². The van der Waals surface area contributed by atoms with Crippen molar-refractivity contribution < 1.29 is 4.52 Å². The fraction of sp³-hybridized carbons (Fsp3) is 0.250. The van der Waals surface area contributed by atoms with Crippen LogP contribution in [-0.2, 0) is 6.42 Å². The Kier molecular flexibility index (Phi) is 3.21. The SMILES string of the molecule is Cc1nccc(-c2noc([C@@H](N)Cc3cnc[nH]3)n2)n1. The maximum atomic E-state index is 6.03. The van der Waals surface area contributed by atoms with E-state index in [2.05, 4.69) is 30.1 Å². The zero-order chi connectivity index (χ0) is 13.9. The molecule has 8 nitrogen and oxygen atoms in total. The molecule has 0 saturated carbocycles. The third-order valence-corrected chi connectivity index (χ3v) is 2.76. The molecular formula is C12H13N7O. The molecule has 0 aliphatic carbocycles. The Labute approximate surface area is 114 Å². The van der Waals surface area contributed by atoms with Crippen molar-refractivity contribution in [2.45, 2.75) is 19.4 Å². The number of aryl methyl sites for hydroxylation is 1. The van der Waals surface area contributed by atoms with Gasteiger partial charge in [-0.25, -0.2) is 15.0 Å². The molecule has 1 atom stereocenters. The van der Waals surface area contributed by atoms with Gasteiger partial charge in [0.2, 0.25) is 11.7 Å². The van der Waals surface area contributed by atoms with Gasteiger partial charge in [-0.1, -0.05) is 5.16 Å². The standard InChI is InChI=1S/C12H13N7O/c1-7-15-3-2-10(17-7)11-18-12(20-19-11)9(13)4-8-5-14-6-16-8/h2-3,5-6,9H,4,13H2,1H3,(H,14,16)/t9-/m0/s1. The molecule has 0 aromatic carbocycles. The van der Waals surface area contributed by atoms with Crippen LogP contribution in [0.25, 0.3) is 11.5 Å². The second kappa shape index (κ2) is 5.17. The highest BCUT2D eigenvalue weighted by Crippen LogP contribution is 2.17. The van der Waals surface area contributed by atoms with Crippen LogP contribution in [0.4, 0.5) is 0 Å². The van der Waals surface area contributed by atoms with Crippen molar-refractivity contribution in [3.63, 3.8) is 0 Å². The van der Waals surface area contributed by atoms with Crippen LogP contribution in [0.15, 0.2) is 29.3 Å². The molecule has 20 heavy (non-hydrogen) atoms. The number of rotatable bonds is 4. The third-order valence-electron chi connectivity index (χ3n) is 2.76. The molecule has 0 saturated heterocycles. The van der Waals surface area contributed by atoms with Gasteiger partial charge in [-0.3, -0.25) is 0 Å². The lowest BCUT2D eigenvalue weighted by atomic mass is 10.2. The van der Waals surface area contributed by atoms with Gasteiger partial charge < -0.3 is 15.2 Å². The average Bonchev–Trinajstić information content (AvgIpc) is 3.09. The number of H-pyrrole nitrogens is 1. The first-order valence-electron chi connectivity index (χ1n) is 6.09. The lowest BCUT2D eigenvalue weighted by Gasteiger charge is -2.03. The molecule has 0 unspecified atom stereocenters. The van der Waals surface area contributed by atoms with E-state index in [1.165, 1.54) is 0 Å². The maximum absolute atomic E-state index is 6.03. The predicted molar refractivity (Wildman–Crippen MR) is 69.3 cm³/mol. The van der Waals surface area contributed by atoms with E-state index in [-0.39, 0.29) is 6.04 Å². The van der Waals surface area contributed by atoms with Crippen molar-refractivity contribution in [3.8, 4) is 11.5 Å². The van der Waals surface area contributed by atoms with Crippen LogP contribution in [0.3, 0.4) is 0 Å². The van der Waals surface area contributed by atoms with Crippen LogP contribution in [0.5, 0.6) is 0 Å². The van der Waals surface area contributed by atoms with Gasteiger partial charge in [0.1, 0.15) is 11.5 Å². The van der Waals surface area contributed by atoms with Crippen molar-refractivity contribution in [3.05, 3.63) is 42.2 Å². The van der Waals surface area contributed by atoms with Crippen LogP contribution < -0.4 is 5.73 Å². The Morgan fingerprint density at radius 1 is 1.40 bits per heavy atom. The van der Waals surface area contributed by atoms with Crippen LogP contribution in [0.1, 0.15) is 23.5 Å². The van der Waals surface area contributed by atoms with Crippen LogP contribution in [0.2, 0.25) is 0 Å². The number of aromatic amines is 1. The number of nitrogens with one attached hydrogen (secondary N) is 1. The van der Waals surface area contributed by atoms with Crippen LogP contribution in [0, 0.1) is 6.92 Å². The summed E-state index contributed by atoms with van der Waals surface area (Å²) in [5.41, 5.74) is 7.56. The van der Waals surface area contributed by atoms with E-state index in [9.17, 15) is 0 Å². The largest absolute Gasteiger partial charge is 0.348 e. The van der Waals surface area contributed by atoms with E-state index in [1.54, 1.807) is 31.7 Å². The minimum Gasteiger partial charge on any atom is -0.348 e. The fourth-order valence-electron chi connectivity index (χ4n) is 1.79. The smallest absolute Gasteiger partial charge is 0.244 e. The molecule has 8 heteroatoms. The molecular weight excluding hydrogens is 258 g/mol. The minimum atomic E-state index is -0.389. The van der Waals surface area contributed by atoms with Crippen molar-refractivity contribution in [1.82, 2.24) is 30.1 Å². The second-order valence-corrected chi connectivity index (χ2v) is 4.33. The number of nitrogens with zero attached hydrogens (tertiary/aromatic N) is 5. The number of hydrogen-bond acceptors (Lipinski definition) is 7. The van der Waals surface area contributed by atoms with Crippen molar-refractivity contribution in [2.24, 2.45) is 5.73 Å². The Morgan fingerprint density at radius 3 is 3.05 bits per heavy atom. The summed E-state index contributed by atoms with van der Waals surface area (Å²) in [5.74, 6) is 1.42. The maximum Gasteiger partial charge on any atom is 0.244 e. The fourth-order valence-corrected chi connectivity index (χ4v) is 1.79. The second-order valence-electron chi connectivity index (χ2n) is 4.33. The van der Waals surface area contributed by atoms with E-state index < -0.39 is 0 Å². The summed E-state index contributed by atoms with van der Waals surface area (Å²) in [7, 11) is 0. The van der Waals surface area contributed by atoms with E-state index in [0.29, 0.717) is 29.7 Å². The third kappa shape index (κ3) is 2.54. The molecule has 3 N–H and O–H groups in total. The monoisotopic (exact) mass is 271 g/mol. The quantitative estimate of drug-likeness (QED) is 0.720. The molecule has 0 amide bonds. The summed E-state index contributed by atoms with van der Waals surface area (Å²) in [5, 5.41) is 3.90. The summed E-state index contributed by atoms with van der Waals surface area (Å²) in [4.78, 5) is 19.5. The molecule has 3 aromatic heterocycles. The predicted octanol–water partition coefficient (Wildman–Crippen LogP) is 0.801. The van der Waals surface area contributed by atoms with Crippen LogP contribution >= 0.6 is 0 Å². The highest BCUT2D eigenvalue weighted by atomic mass is 16.5. The normalized spacial score (nSPS) is 12.5. The summed E-state index contributed by atoms with van der Waals surface area (Å²) >= 11 is 0.